The van der Waals surface area contributed by atoms with Crippen LogP contribution in [0.15, 0.2) is 41.7 Å². The van der Waals surface area contributed by atoms with E-state index in [2.05, 4.69) is 25.5 Å². The van der Waals surface area contributed by atoms with Crippen LogP contribution >= 0.6 is 11.8 Å². The molecular weight excluding hydrogens is 458 g/mol. The maximum atomic E-state index is 15.1. The van der Waals surface area contributed by atoms with Crippen LogP contribution in [0.25, 0.3) is 22.5 Å². The Labute approximate surface area is 201 Å². The number of phenolic OH excluding ortho intramolecular Hbond substituents is 1. The van der Waals surface area contributed by atoms with Gasteiger partial charge < -0.3 is 15.3 Å². The van der Waals surface area contributed by atoms with Gasteiger partial charge in [-0.15, -0.1) is 22.0 Å². The minimum Gasteiger partial charge on any atom is -0.507 e. The van der Waals surface area contributed by atoms with Crippen LogP contribution in [0.1, 0.15) is 25.7 Å². The lowest BCUT2D eigenvalue weighted by Gasteiger charge is -2.45. The van der Waals surface area contributed by atoms with Crippen molar-refractivity contribution in [3.8, 4) is 28.3 Å². The summed E-state index contributed by atoms with van der Waals surface area (Å²) in [5.74, 6) is 0.281. The second-order valence-electron chi connectivity index (χ2n) is 8.85. The van der Waals surface area contributed by atoms with Crippen LogP contribution in [-0.4, -0.2) is 62.9 Å². The zero-order chi connectivity index (χ0) is 23.8. The summed E-state index contributed by atoms with van der Waals surface area (Å²) in [5.41, 5.74) is 1.58. The Morgan fingerprint density at radius 3 is 2.68 bits per heavy atom. The van der Waals surface area contributed by atoms with Gasteiger partial charge in [-0.25, -0.2) is 18.7 Å². The Balaban J connectivity index is 1.34. The lowest BCUT2D eigenvalue weighted by Crippen LogP contribution is -2.61. The van der Waals surface area contributed by atoms with Gasteiger partial charge in [-0.05, 0) is 49.3 Å². The van der Waals surface area contributed by atoms with Gasteiger partial charge in [-0.2, -0.15) is 0 Å². The van der Waals surface area contributed by atoms with Crippen LogP contribution in [0.4, 0.5) is 14.6 Å². The van der Waals surface area contributed by atoms with Gasteiger partial charge in [0.25, 0.3) is 0 Å². The summed E-state index contributed by atoms with van der Waals surface area (Å²) in [7, 11) is 1.82. The molecule has 0 spiro atoms. The monoisotopic (exact) mass is 484 g/mol. The second kappa shape index (κ2) is 9.42. The van der Waals surface area contributed by atoms with Crippen LogP contribution < -0.4 is 10.2 Å². The number of phenols is 1. The number of anilines is 1. The number of rotatable bonds is 5. The molecule has 2 bridgehead atoms. The SMILES string of the molecule is CSc1ncc(-c2ccc(-c3ncc(N(C)[C@H]4C[C@@H]5CCC[C@H](N5)[C@H]4F)nn3)c(O)c2)cc1F. The fourth-order valence-corrected chi connectivity index (χ4v) is 5.32. The van der Waals surface area contributed by atoms with E-state index in [1.807, 2.05) is 11.9 Å². The van der Waals surface area contributed by atoms with Crippen molar-refractivity contribution in [3.63, 3.8) is 0 Å². The molecule has 2 aliphatic heterocycles. The van der Waals surface area contributed by atoms with E-state index in [4.69, 9.17) is 0 Å². The van der Waals surface area contributed by atoms with E-state index in [0.717, 1.165) is 19.3 Å². The minimum absolute atomic E-state index is 0.0511. The van der Waals surface area contributed by atoms with Crippen molar-refractivity contribution in [2.75, 3.05) is 18.2 Å². The molecule has 7 nitrogen and oxygen atoms in total. The average Bonchev–Trinajstić information content (AvgIpc) is 2.86. The number of pyridine rings is 1. The highest BCUT2D eigenvalue weighted by Gasteiger charge is 2.42. The molecule has 4 heterocycles. The summed E-state index contributed by atoms with van der Waals surface area (Å²) in [5, 5.41) is 22.8. The van der Waals surface area contributed by atoms with Crippen molar-refractivity contribution in [1.29, 1.82) is 0 Å². The van der Waals surface area contributed by atoms with Crippen LogP contribution in [0.5, 0.6) is 5.75 Å². The Kier molecular flexibility index (Phi) is 6.35. The minimum atomic E-state index is -0.982. The zero-order valence-corrected chi connectivity index (χ0v) is 19.8. The number of fused-ring (bicyclic) bond motifs is 2. The highest BCUT2D eigenvalue weighted by molar-refractivity contribution is 7.98. The summed E-state index contributed by atoms with van der Waals surface area (Å²) in [6.45, 7) is 0. The molecule has 4 atom stereocenters. The van der Waals surface area contributed by atoms with E-state index < -0.39 is 12.0 Å². The van der Waals surface area contributed by atoms with E-state index in [1.54, 1.807) is 30.8 Å². The number of hydrogen-bond donors (Lipinski definition) is 2. The molecule has 34 heavy (non-hydrogen) atoms. The van der Waals surface area contributed by atoms with Gasteiger partial charge in [0.2, 0.25) is 0 Å². The van der Waals surface area contributed by atoms with Crippen LogP contribution in [0.2, 0.25) is 0 Å². The fourth-order valence-electron chi connectivity index (χ4n) is 4.91. The molecule has 2 aliphatic rings. The van der Waals surface area contributed by atoms with E-state index in [1.165, 1.54) is 23.9 Å². The van der Waals surface area contributed by atoms with Crippen molar-refractivity contribution >= 4 is 17.6 Å². The third-order valence-electron chi connectivity index (χ3n) is 6.78. The number of alkyl halides is 1. The largest absolute Gasteiger partial charge is 0.507 e. The molecular formula is C24H26F2N6OS. The Morgan fingerprint density at radius 1 is 1.12 bits per heavy atom. The highest BCUT2D eigenvalue weighted by Crippen LogP contribution is 2.34. The first-order chi connectivity index (χ1) is 16.4. The first-order valence-electron chi connectivity index (χ1n) is 11.3. The summed E-state index contributed by atoms with van der Waals surface area (Å²) in [6.07, 6.45) is 7.60. The molecule has 0 unspecified atom stereocenters. The number of nitrogens with zero attached hydrogens (tertiary/aromatic N) is 5. The number of benzene rings is 1. The highest BCUT2D eigenvalue weighted by atomic mass is 32.2. The second-order valence-corrected chi connectivity index (χ2v) is 9.64. The van der Waals surface area contributed by atoms with Gasteiger partial charge in [0, 0.05) is 30.9 Å². The molecule has 5 rings (SSSR count). The fraction of sp³-hybridized carbons (Fsp3) is 0.417. The van der Waals surface area contributed by atoms with E-state index in [9.17, 15) is 9.50 Å². The molecule has 3 aromatic rings. The average molecular weight is 485 g/mol. The quantitative estimate of drug-likeness (QED) is 0.521. The maximum absolute atomic E-state index is 15.1. The molecule has 0 radical (unpaired) electrons. The summed E-state index contributed by atoms with van der Waals surface area (Å²) in [6, 6.07) is 6.26. The summed E-state index contributed by atoms with van der Waals surface area (Å²) >= 11 is 1.23. The third-order valence-corrected chi connectivity index (χ3v) is 7.46. The molecule has 0 amide bonds. The third kappa shape index (κ3) is 4.32. The molecule has 1 aromatic carbocycles. The van der Waals surface area contributed by atoms with Gasteiger partial charge in [-0.3, -0.25) is 0 Å². The molecule has 0 aliphatic carbocycles. The smallest absolute Gasteiger partial charge is 0.185 e. The molecule has 10 heteroatoms. The molecule has 2 N–H and O–H groups in total. The molecule has 2 aromatic heterocycles. The Hall–Kier alpha value is -2.85. The molecule has 2 saturated heterocycles. The lowest BCUT2D eigenvalue weighted by molar-refractivity contribution is 0.107. The van der Waals surface area contributed by atoms with Crippen molar-refractivity contribution < 1.29 is 13.9 Å². The van der Waals surface area contributed by atoms with Crippen LogP contribution in [0, 0.1) is 5.82 Å². The number of hydrogen-bond acceptors (Lipinski definition) is 8. The van der Waals surface area contributed by atoms with Crippen LogP contribution in [-0.2, 0) is 0 Å². The van der Waals surface area contributed by atoms with Gasteiger partial charge in [0.15, 0.2) is 17.5 Å². The topological polar surface area (TPSA) is 87.1 Å². The van der Waals surface area contributed by atoms with E-state index in [-0.39, 0.29) is 23.7 Å². The Bertz CT molecular complexity index is 1180. The predicted octanol–water partition coefficient (Wildman–Crippen LogP) is 4.22. The standard InChI is InChI=1S/C24H26F2N6OS/c1-32(19-10-15-4-3-5-18(29-15)22(19)26)21-12-27-23(31-30-21)16-7-6-13(9-20(16)33)14-8-17(25)24(34-2)28-11-14/h6-9,11-12,15,18-19,22,29,33H,3-5,10H2,1-2H3/t15-,18-,19-,22+/m0/s1. The van der Waals surface area contributed by atoms with Gasteiger partial charge in [-0.1, -0.05) is 12.5 Å². The maximum Gasteiger partial charge on any atom is 0.185 e. The van der Waals surface area contributed by atoms with Gasteiger partial charge in [0.05, 0.1) is 17.8 Å². The van der Waals surface area contributed by atoms with Gasteiger partial charge >= 0.3 is 0 Å². The summed E-state index contributed by atoms with van der Waals surface area (Å²) in [4.78, 5) is 10.3. The van der Waals surface area contributed by atoms with E-state index in [0.29, 0.717) is 40.0 Å². The number of aromatic nitrogens is 4. The number of thioether (sulfide) groups is 1. The first kappa shape index (κ1) is 22.9. The van der Waals surface area contributed by atoms with E-state index >= 15 is 4.39 Å². The zero-order valence-electron chi connectivity index (χ0n) is 18.9. The van der Waals surface area contributed by atoms with Crippen LogP contribution in [0.3, 0.4) is 0 Å². The van der Waals surface area contributed by atoms with Gasteiger partial charge in [0.1, 0.15) is 16.9 Å². The molecule has 178 valence electrons. The normalized spacial score (nSPS) is 24.1. The number of halogens is 2. The van der Waals surface area contributed by atoms with Crippen molar-refractivity contribution in [1.82, 2.24) is 25.5 Å². The summed E-state index contributed by atoms with van der Waals surface area (Å²) < 4.78 is 29.2. The number of nitrogens with one attached hydrogen (secondary N) is 1. The van der Waals surface area contributed by atoms with Crippen molar-refractivity contribution in [2.24, 2.45) is 0 Å². The first-order valence-corrected chi connectivity index (χ1v) is 12.5. The lowest BCUT2D eigenvalue weighted by atomic mass is 9.82. The molecule has 2 fully saturated rings. The van der Waals surface area contributed by atoms with Crippen molar-refractivity contribution in [3.05, 3.63) is 42.5 Å². The molecule has 0 saturated carbocycles. The Morgan fingerprint density at radius 2 is 1.97 bits per heavy atom. The number of aromatic hydroxyl groups is 1. The van der Waals surface area contributed by atoms with Crippen molar-refractivity contribution in [2.45, 2.75) is 55.0 Å². The number of piperidine rings is 2. The predicted molar refractivity (Wildman–Crippen MR) is 128 cm³/mol.